The van der Waals surface area contributed by atoms with Crippen molar-refractivity contribution in [1.82, 2.24) is 10.3 Å². The molecule has 0 spiro atoms. The molecule has 0 aliphatic carbocycles. The summed E-state index contributed by atoms with van der Waals surface area (Å²) in [5.74, 6) is -0.0613. The first-order valence-corrected chi connectivity index (χ1v) is 6.68. The molecule has 0 bridgehead atoms. The van der Waals surface area contributed by atoms with Crippen molar-refractivity contribution in [3.63, 3.8) is 0 Å². The second-order valence-corrected chi connectivity index (χ2v) is 4.61. The van der Waals surface area contributed by atoms with Crippen LogP contribution in [0, 0.1) is 0 Å². The number of aromatic nitrogens is 1. The molecule has 0 atom stereocenters. The van der Waals surface area contributed by atoms with Gasteiger partial charge in [-0.05, 0) is 17.7 Å². The number of thiazole rings is 1. The van der Waals surface area contributed by atoms with Crippen LogP contribution in [-0.4, -0.2) is 17.4 Å². The van der Waals surface area contributed by atoms with E-state index in [1.165, 1.54) is 0 Å². The second-order valence-electron chi connectivity index (χ2n) is 3.89. The molecule has 0 aliphatic rings. The lowest BCUT2D eigenvalue weighted by Crippen LogP contribution is -2.25. The minimum atomic E-state index is -0.0613. The smallest absolute Gasteiger partial charge is 0.251 e. The lowest BCUT2D eigenvalue weighted by molar-refractivity contribution is 0.0954. The average molecular weight is 261 g/mol. The van der Waals surface area contributed by atoms with E-state index >= 15 is 0 Å². The highest BCUT2D eigenvalue weighted by molar-refractivity contribution is 7.07. The van der Waals surface area contributed by atoms with Gasteiger partial charge in [0.05, 0.1) is 11.2 Å². The number of nitrogens with two attached hydrogens (primary N) is 1. The zero-order valence-corrected chi connectivity index (χ0v) is 10.7. The van der Waals surface area contributed by atoms with Crippen LogP contribution in [0.3, 0.4) is 0 Å². The predicted octanol–water partition coefficient (Wildman–Crippen LogP) is 1.57. The van der Waals surface area contributed by atoms with E-state index in [4.69, 9.17) is 5.73 Å². The van der Waals surface area contributed by atoms with E-state index in [-0.39, 0.29) is 5.91 Å². The Bertz CT molecular complexity index is 493. The van der Waals surface area contributed by atoms with E-state index in [9.17, 15) is 4.79 Å². The lowest BCUT2D eigenvalue weighted by Gasteiger charge is -2.04. The Hall–Kier alpha value is -1.72. The molecule has 18 heavy (non-hydrogen) atoms. The maximum Gasteiger partial charge on any atom is 0.251 e. The maximum atomic E-state index is 11.8. The van der Waals surface area contributed by atoms with Crippen molar-refractivity contribution in [3.8, 4) is 0 Å². The molecule has 0 fully saturated rings. The van der Waals surface area contributed by atoms with Gasteiger partial charge in [-0.2, -0.15) is 0 Å². The summed E-state index contributed by atoms with van der Waals surface area (Å²) in [4.78, 5) is 16.0. The number of amides is 1. The van der Waals surface area contributed by atoms with Crippen LogP contribution in [-0.2, 0) is 13.0 Å². The van der Waals surface area contributed by atoms with Gasteiger partial charge in [-0.15, -0.1) is 11.3 Å². The van der Waals surface area contributed by atoms with Gasteiger partial charge in [0.1, 0.15) is 0 Å². The van der Waals surface area contributed by atoms with Gasteiger partial charge in [-0.1, -0.05) is 12.1 Å². The molecule has 1 amide bonds. The van der Waals surface area contributed by atoms with Gasteiger partial charge in [-0.25, -0.2) is 4.98 Å². The number of carbonyl (C=O) groups is 1. The molecule has 1 aromatic carbocycles. The SMILES string of the molecule is NCc1ccc(C(=O)NCCc2cscn2)cc1. The molecule has 1 heterocycles. The van der Waals surface area contributed by atoms with E-state index in [0.717, 1.165) is 17.7 Å². The summed E-state index contributed by atoms with van der Waals surface area (Å²) in [7, 11) is 0. The fourth-order valence-corrected chi connectivity index (χ4v) is 2.15. The number of hydrogen-bond acceptors (Lipinski definition) is 4. The Kier molecular flexibility index (Phi) is 4.44. The molecule has 0 radical (unpaired) electrons. The Morgan fingerprint density at radius 2 is 2.11 bits per heavy atom. The molecule has 0 aliphatic heterocycles. The summed E-state index contributed by atoms with van der Waals surface area (Å²) in [6.45, 7) is 1.09. The van der Waals surface area contributed by atoms with Crippen LogP contribution in [0.2, 0.25) is 0 Å². The summed E-state index contributed by atoms with van der Waals surface area (Å²) in [6, 6.07) is 7.32. The van der Waals surface area contributed by atoms with Crippen molar-refractivity contribution < 1.29 is 4.79 Å². The normalized spacial score (nSPS) is 10.3. The molecule has 2 rings (SSSR count). The highest BCUT2D eigenvalue weighted by atomic mass is 32.1. The Morgan fingerprint density at radius 3 is 2.72 bits per heavy atom. The maximum absolute atomic E-state index is 11.8. The van der Waals surface area contributed by atoms with Crippen LogP contribution >= 0.6 is 11.3 Å². The van der Waals surface area contributed by atoms with Crippen molar-refractivity contribution in [1.29, 1.82) is 0 Å². The van der Waals surface area contributed by atoms with Gasteiger partial charge in [0.25, 0.3) is 5.91 Å². The topological polar surface area (TPSA) is 68.0 Å². The van der Waals surface area contributed by atoms with Crippen LogP contribution in [0.4, 0.5) is 0 Å². The summed E-state index contributed by atoms with van der Waals surface area (Å²) in [6.07, 6.45) is 0.760. The summed E-state index contributed by atoms with van der Waals surface area (Å²) in [5.41, 5.74) is 9.99. The van der Waals surface area contributed by atoms with Crippen LogP contribution in [0.15, 0.2) is 35.2 Å². The highest BCUT2D eigenvalue weighted by Gasteiger charge is 2.04. The van der Waals surface area contributed by atoms with Gasteiger partial charge >= 0.3 is 0 Å². The van der Waals surface area contributed by atoms with Crippen LogP contribution in [0.25, 0.3) is 0 Å². The summed E-state index contributed by atoms with van der Waals surface area (Å²) >= 11 is 1.56. The molecule has 94 valence electrons. The molecule has 0 unspecified atom stereocenters. The number of nitrogens with one attached hydrogen (secondary N) is 1. The van der Waals surface area contributed by atoms with Crippen LogP contribution in [0.1, 0.15) is 21.6 Å². The third-order valence-corrected chi connectivity index (χ3v) is 3.24. The van der Waals surface area contributed by atoms with Crippen molar-refractivity contribution >= 4 is 17.2 Å². The first-order chi connectivity index (χ1) is 8.79. The number of carbonyl (C=O) groups excluding carboxylic acids is 1. The fourth-order valence-electron chi connectivity index (χ4n) is 1.56. The van der Waals surface area contributed by atoms with Gasteiger partial charge in [0.15, 0.2) is 0 Å². The summed E-state index contributed by atoms with van der Waals surface area (Å²) in [5, 5.41) is 4.86. The number of nitrogens with zero attached hydrogens (tertiary/aromatic N) is 1. The Balaban J connectivity index is 1.83. The monoisotopic (exact) mass is 261 g/mol. The Morgan fingerprint density at radius 1 is 1.33 bits per heavy atom. The standard InChI is InChI=1S/C13H15N3OS/c14-7-10-1-3-11(4-2-10)13(17)15-6-5-12-8-18-9-16-12/h1-4,8-9H,5-7,14H2,(H,15,17). The van der Waals surface area contributed by atoms with E-state index in [0.29, 0.717) is 18.7 Å². The van der Waals surface area contributed by atoms with E-state index in [1.807, 2.05) is 17.5 Å². The van der Waals surface area contributed by atoms with E-state index in [1.54, 1.807) is 29.0 Å². The number of benzene rings is 1. The first-order valence-electron chi connectivity index (χ1n) is 5.74. The molecule has 1 aromatic heterocycles. The Labute approximate surface area is 110 Å². The van der Waals surface area contributed by atoms with Crippen molar-refractivity contribution in [2.45, 2.75) is 13.0 Å². The molecule has 4 nitrogen and oxygen atoms in total. The number of rotatable bonds is 5. The van der Waals surface area contributed by atoms with Crippen LogP contribution in [0.5, 0.6) is 0 Å². The van der Waals surface area contributed by atoms with E-state index in [2.05, 4.69) is 10.3 Å². The minimum Gasteiger partial charge on any atom is -0.352 e. The first kappa shape index (κ1) is 12.7. The molecular formula is C13H15N3OS. The predicted molar refractivity (Wildman–Crippen MR) is 72.5 cm³/mol. The van der Waals surface area contributed by atoms with Crippen molar-refractivity contribution in [3.05, 3.63) is 52.0 Å². The van der Waals surface area contributed by atoms with Gasteiger partial charge in [0, 0.05) is 30.5 Å². The largest absolute Gasteiger partial charge is 0.352 e. The third kappa shape index (κ3) is 3.38. The number of hydrogen-bond donors (Lipinski definition) is 2. The molecule has 0 saturated heterocycles. The average Bonchev–Trinajstić information content (AvgIpc) is 2.92. The van der Waals surface area contributed by atoms with Gasteiger partial charge in [0.2, 0.25) is 0 Å². The fraction of sp³-hybridized carbons (Fsp3) is 0.231. The molecule has 2 aromatic rings. The minimum absolute atomic E-state index is 0.0613. The zero-order chi connectivity index (χ0) is 12.8. The van der Waals surface area contributed by atoms with Gasteiger partial charge in [-0.3, -0.25) is 4.79 Å². The third-order valence-electron chi connectivity index (χ3n) is 2.60. The zero-order valence-electron chi connectivity index (χ0n) is 9.93. The second kappa shape index (κ2) is 6.28. The van der Waals surface area contributed by atoms with Crippen molar-refractivity contribution in [2.24, 2.45) is 5.73 Å². The molecule has 0 saturated carbocycles. The molecule has 3 N–H and O–H groups in total. The summed E-state index contributed by atoms with van der Waals surface area (Å²) < 4.78 is 0. The molecule has 5 heteroatoms. The van der Waals surface area contributed by atoms with E-state index < -0.39 is 0 Å². The van der Waals surface area contributed by atoms with Crippen LogP contribution < -0.4 is 11.1 Å². The molecular weight excluding hydrogens is 246 g/mol. The van der Waals surface area contributed by atoms with Crippen molar-refractivity contribution in [2.75, 3.05) is 6.54 Å². The van der Waals surface area contributed by atoms with Gasteiger partial charge < -0.3 is 11.1 Å². The quantitative estimate of drug-likeness (QED) is 0.858. The lowest BCUT2D eigenvalue weighted by atomic mass is 10.1. The highest BCUT2D eigenvalue weighted by Crippen LogP contribution is 2.04.